The van der Waals surface area contributed by atoms with Crippen LogP contribution in [0.2, 0.25) is 0 Å². The van der Waals surface area contributed by atoms with E-state index in [4.69, 9.17) is 9.47 Å². The standard InChI is InChI=1S/C32H35N5O5S2/c1-4-41-31(40)29-23-14-8-9-16-25(23)44-30(29)34-28(39)19-43-32-36-35-26(37(32)24-15-10-11-20(2)21(24)3)17-33-27(38)18-42-22-12-6-5-7-13-22/h5-7,10-13,15H,4,8-9,14,16-19H2,1-3H3,(H,33,38)(H,34,39). The Kier molecular flexibility index (Phi) is 10.3. The minimum atomic E-state index is -0.398. The number of esters is 1. The largest absolute Gasteiger partial charge is 0.484 e. The van der Waals surface area contributed by atoms with E-state index < -0.39 is 5.97 Å². The molecule has 2 aromatic carbocycles. The minimum Gasteiger partial charge on any atom is -0.484 e. The number of aryl methyl sites for hydroxylation is 2. The topological polar surface area (TPSA) is 124 Å². The van der Waals surface area contributed by atoms with Crippen LogP contribution in [0.4, 0.5) is 5.00 Å². The van der Waals surface area contributed by atoms with Gasteiger partial charge < -0.3 is 20.1 Å². The molecule has 0 fully saturated rings. The number of thioether (sulfide) groups is 1. The normalized spacial score (nSPS) is 12.3. The molecule has 0 aliphatic heterocycles. The number of rotatable bonds is 12. The highest BCUT2D eigenvalue weighted by Gasteiger charge is 2.27. The molecule has 1 aliphatic carbocycles. The quantitative estimate of drug-likeness (QED) is 0.156. The number of nitrogens with one attached hydrogen (secondary N) is 2. The number of thiophene rings is 1. The van der Waals surface area contributed by atoms with Crippen LogP contribution >= 0.6 is 23.1 Å². The second-order valence-corrected chi connectivity index (χ2v) is 12.4. The molecule has 2 aromatic heterocycles. The van der Waals surface area contributed by atoms with Gasteiger partial charge in [0.15, 0.2) is 17.6 Å². The third-order valence-corrected chi connectivity index (χ3v) is 9.45. The predicted molar refractivity (Wildman–Crippen MR) is 171 cm³/mol. The van der Waals surface area contributed by atoms with Crippen LogP contribution in [0.3, 0.4) is 0 Å². The van der Waals surface area contributed by atoms with E-state index in [-0.39, 0.29) is 37.3 Å². The van der Waals surface area contributed by atoms with Crippen molar-refractivity contribution in [3.63, 3.8) is 0 Å². The first-order chi connectivity index (χ1) is 21.4. The Morgan fingerprint density at radius 1 is 1.00 bits per heavy atom. The van der Waals surface area contributed by atoms with Gasteiger partial charge in [-0.2, -0.15) is 0 Å². The summed E-state index contributed by atoms with van der Waals surface area (Å²) in [5.74, 6) is 0.216. The molecule has 44 heavy (non-hydrogen) atoms. The van der Waals surface area contributed by atoms with Gasteiger partial charge in [0.05, 0.1) is 30.2 Å². The second-order valence-electron chi connectivity index (χ2n) is 10.3. The Hall–Kier alpha value is -4.16. The number of hydrogen-bond acceptors (Lipinski definition) is 9. The first kappa shape index (κ1) is 31.3. The zero-order chi connectivity index (χ0) is 31.1. The van der Waals surface area contributed by atoms with Crippen LogP contribution in [0.1, 0.15) is 57.5 Å². The van der Waals surface area contributed by atoms with Crippen LogP contribution in [0, 0.1) is 13.8 Å². The molecule has 0 saturated carbocycles. The van der Waals surface area contributed by atoms with E-state index >= 15 is 0 Å². The summed E-state index contributed by atoms with van der Waals surface area (Å²) >= 11 is 2.69. The highest BCUT2D eigenvalue weighted by Crippen LogP contribution is 2.39. The first-order valence-corrected chi connectivity index (χ1v) is 16.4. The van der Waals surface area contributed by atoms with Crippen molar-refractivity contribution < 1.29 is 23.9 Å². The summed E-state index contributed by atoms with van der Waals surface area (Å²) in [5, 5.41) is 15.6. The van der Waals surface area contributed by atoms with E-state index in [2.05, 4.69) is 20.8 Å². The summed E-state index contributed by atoms with van der Waals surface area (Å²) in [6.45, 7) is 6.06. The molecule has 0 spiro atoms. The molecule has 2 amide bonds. The molecule has 2 N–H and O–H groups in total. The number of carbonyl (C=O) groups is 3. The molecule has 0 unspecified atom stereocenters. The fourth-order valence-electron chi connectivity index (χ4n) is 4.99. The number of amides is 2. The molecular weight excluding hydrogens is 599 g/mol. The smallest absolute Gasteiger partial charge is 0.341 e. The molecule has 5 rings (SSSR count). The number of para-hydroxylation sites is 1. The van der Waals surface area contributed by atoms with Gasteiger partial charge in [-0.15, -0.1) is 21.5 Å². The van der Waals surface area contributed by atoms with Gasteiger partial charge in [0.1, 0.15) is 10.8 Å². The van der Waals surface area contributed by atoms with Crippen LogP contribution in [0.25, 0.3) is 5.69 Å². The van der Waals surface area contributed by atoms with Gasteiger partial charge in [-0.25, -0.2) is 4.79 Å². The number of nitrogens with zero attached hydrogens (tertiary/aromatic N) is 3. The fourth-order valence-corrected chi connectivity index (χ4v) is 7.05. The number of carbonyl (C=O) groups excluding carboxylic acids is 3. The SMILES string of the molecule is CCOC(=O)c1c(NC(=O)CSc2nnc(CNC(=O)COc3ccccc3)n2-c2cccc(C)c2C)sc2c1CCCC2. The Bertz CT molecular complexity index is 1650. The molecule has 4 aromatic rings. The Morgan fingerprint density at radius 3 is 2.59 bits per heavy atom. The van der Waals surface area contributed by atoms with E-state index in [1.165, 1.54) is 23.1 Å². The Labute approximate surface area is 264 Å². The maximum Gasteiger partial charge on any atom is 0.341 e. The Morgan fingerprint density at radius 2 is 1.80 bits per heavy atom. The molecule has 0 atom stereocenters. The van der Waals surface area contributed by atoms with Crippen molar-refractivity contribution in [1.29, 1.82) is 0 Å². The maximum absolute atomic E-state index is 13.2. The lowest BCUT2D eigenvalue weighted by Crippen LogP contribution is -2.29. The van der Waals surface area contributed by atoms with Crippen LogP contribution in [-0.4, -0.2) is 51.5 Å². The van der Waals surface area contributed by atoms with E-state index in [0.29, 0.717) is 27.3 Å². The van der Waals surface area contributed by atoms with Crippen molar-refractivity contribution in [2.24, 2.45) is 0 Å². The van der Waals surface area contributed by atoms with Gasteiger partial charge in [-0.05, 0) is 81.3 Å². The monoisotopic (exact) mass is 633 g/mol. The number of hydrogen-bond donors (Lipinski definition) is 2. The molecule has 2 heterocycles. The Balaban J connectivity index is 1.31. The third kappa shape index (κ3) is 7.31. The minimum absolute atomic E-state index is 0.0467. The molecule has 1 aliphatic rings. The molecule has 12 heteroatoms. The molecule has 230 valence electrons. The van der Waals surface area contributed by atoms with Crippen LogP contribution in [0.15, 0.2) is 53.7 Å². The molecule has 0 radical (unpaired) electrons. The van der Waals surface area contributed by atoms with Gasteiger partial charge in [-0.1, -0.05) is 42.1 Å². The lowest BCUT2D eigenvalue weighted by atomic mass is 9.95. The van der Waals surface area contributed by atoms with Gasteiger partial charge >= 0.3 is 5.97 Å². The van der Waals surface area contributed by atoms with Gasteiger partial charge in [0.25, 0.3) is 5.91 Å². The van der Waals surface area contributed by atoms with Crippen LogP contribution < -0.4 is 15.4 Å². The summed E-state index contributed by atoms with van der Waals surface area (Å²) in [6, 6.07) is 15.1. The van der Waals surface area contributed by atoms with Crippen molar-refractivity contribution in [3.05, 3.63) is 81.5 Å². The van der Waals surface area contributed by atoms with Crippen molar-refractivity contribution in [2.75, 3.05) is 24.3 Å². The second kappa shape index (κ2) is 14.5. The lowest BCUT2D eigenvalue weighted by molar-refractivity contribution is -0.123. The number of aromatic nitrogens is 3. The summed E-state index contributed by atoms with van der Waals surface area (Å²) in [7, 11) is 0. The van der Waals surface area contributed by atoms with Gasteiger partial charge in [-0.3, -0.25) is 14.2 Å². The predicted octanol–water partition coefficient (Wildman–Crippen LogP) is 5.43. The summed E-state index contributed by atoms with van der Waals surface area (Å²) in [6.07, 6.45) is 3.78. The van der Waals surface area contributed by atoms with Gasteiger partial charge in [0, 0.05) is 4.88 Å². The zero-order valence-corrected chi connectivity index (χ0v) is 26.6. The number of benzene rings is 2. The number of ether oxygens (including phenoxy) is 2. The van der Waals surface area contributed by atoms with E-state index in [1.807, 2.05) is 54.8 Å². The van der Waals surface area contributed by atoms with Crippen LogP contribution in [0.5, 0.6) is 5.75 Å². The summed E-state index contributed by atoms with van der Waals surface area (Å²) in [4.78, 5) is 39.7. The molecule has 0 saturated heterocycles. The van der Waals surface area contributed by atoms with E-state index in [0.717, 1.165) is 52.9 Å². The highest BCUT2D eigenvalue weighted by molar-refractivity contribution is 7.99. The molecular formula is C32H35N5O5S2. The lowest BCUT2D eigenvalue weighted by Gasteiger charge is -2.15. The van der Waals surface area contributed by atoms with E-state index in [1.54, 1.807) is 19.1 Å². The highest BCUT2D eigenvalue weighted by atomic mass is 32.2. The molecule has 0 bridgehead atoms. The van der Waals surface area contributed by atoms with Gasteiger partial charge in [0.2, 0.25) is 5.91 Å². The zero-order valence-electron chi connectivity index (χ0n) is 25.0. The first-order valence-electron chi connectivity index (χ1n) is 14.6. The third-order valence-electron chi connectivity index (χ3n) is 7.31. The average Bonchev–Trinajstić information content (AvgIpc) is 3.60. The van der Waals surface area contributed by atoms with E-state index in [9.17, 15) is 14.4 Å². The average molecular weight is 634 g/mol. The van der Waals surface area contributed by atoms with Crippen molar-refractivity contribution in [3.8, 4) is 11.4 Å². The van der Waals surface area contributed by atoms with Crippen molar-refractivity contribution in [2.45, 2.75) is 58.2 Å². The van der Waals surface area contributed by atoms with Crippen molar-refractivity contribution in [1.82, 2.24) is 20.1 Å². The summed E-state index contributed by atoms with van der Waals surface area (Å²) < 4.78 is 12.7. The fraction of sp³-hybridized carbons (Fsp3) is 0.344. The summed E-state index contributed by atoms with van der Waals surface area (Å²) in [5.41, 5.74) is 4.46. The van der Waals surface area contributed by atoms with Crippen molar-refractivity contribution >= 4 is 45.9 Å². The number of anilines is 1. The number of fused-ring (bicyclic) bond motifs is 1. The van der Waals surface area contributed by atoms with Crippen LogP contribution in [-0.2, 0) is 33.7 Å². The maximum atomic E-state index is 13.2. The molecule has 10 nitrogen and oxygen atoms in total.